The molecule has 0 saturated heterocycles. The van der Waals surface area contributed by atoms with Crippen LogP contribution in [0.15, 0.2) is 65.2 Å². The van der Waals surface area contributed by atoms with E-state index in [0.717, 1.165) is 0 Å². The van der Waals surface area contributed by atoms with E-state index in [9.17, 15) is 9.59 Å². The second kappa shape index (κ2) is 6.49. The van der Waals surface area contributed by atoms with Gasteiger partial charge in [0.25, 0.3) is 0 Å². The van der Waals surface area contributed by atoms with Gasteiger partial charge in [0, 0.05) is 11.6 Å². The SMILES string of the molecule is COc1ccc(C2(OC(=O)c3ccccc3)OC(=O)C=C2Br)cc1. The van der Waals surface area contributed by atoms with Crippen LogP contribution in [0.4, 0.5) is 0 Å². The highest BCUT2D eigenvalue weighted by Crippen LogP contribution is 2.43. The zero-order valence-corrected chi connectivity index (χ0v) is 14.3. The topological polar surface area (TPSA) is 61.8 Å². The fraction of sp³-hybridized carbons (Fsp3) is 0.111. The van der Waals surface area contributed by atoms with Crippen LogP contribution in [0.1, 0.15) is 15.9 Å². The van der Waals surface area contributed by atoms with Crippen molar-refractivity contribution in [3.05, 3.63) is 76.3 Å². The second-order valence-corrected chi connectivity index (χ2v) is 5.87. The van der Waals surface area contributed by atoms with E-state index in [1.807, 2.05) is 0 Å². The Morgan fingerprint density at radius 2 is 1.75 bits per heavy atom. The van der Waals surface area contributed by atoms with Crippen molar-refractivity contribution < 1.29 is 23.8 Å². The summed E-state index contributed by atoms with van der Waals surface area (Å²) in [6.07, 6.45) is 1.24. The van der Waals surface area contributed by atoms with Crippen molar-refractivity contribution in [2.45, 2.75) is 5.79 Å². The summed E-state index contributed by atoms with van der Waals surface area (Å²) in [7, 11) is 1.55. The van der Waals surface area contributed by atoms with Crippen LogP contribution >= 0.6 is 15.9 Å². The molecule has 1 aliphatic rings. The Labute approximate surface area is 147 Å². The van der Waals surface area contributed by atoms with Gasteiger partial charge >= 0.3 is 17.7 Å². The minimum absolute atomic E-state index is 0.314. The van der Waals surface area contributed by atoms with E-state index in [-0.39, 0.29) is 0 Å². The summed E-state index contributed by atoms with van der Waals surface area (Å²) in [6.45, 7) is 0. The zero-order chi connectivity index (χ0) is 17.2. The molecule has 1 unspecified atom stereocenters. The maximum absolute atomic E-state index is 12.5. The summed E-state index contributed by atoms with van der Waals surface area (Å²) in [5.41, 5.74) is 0.843. The number of carbonyl (C=O) groups is 2. The Kier molecular flexibility index (Phi) is 4.40. The molecule has 0 spiro atoms. The number of carbonyl (C=O) groups excluding carboxylic acids is 2. The molecule has 0 amide bonds. The van der Waals surface area contributed by atoms with E-state index in [1.54, 1.807) is 61.7 Å². The van der Waals surface area contributed by atoms with E-state index in [1.165, 1.54) is 6.08 Å². The number of cyclic esters (lactones) is 1. The highest BCUT2D eigenvalue weighted by molar-refractivity contribution is 9.11. The molecule has 0 saturated carbocycles. The minimum Gasteiger partial charge on any atom is -0.497 e. The van der Waals surface area contributed by atoms with E-state index in [4.69, 9.17) is 14.2 Å². The molecular formula is C18H13BrO5. The Bertz CT molecular complexity index is 798. The van der Waals surface area contributed by atoms with Gasteiger partial charge in [0.1, 0.15) is 5.75 Å². The Morgan fingerprint density at radius 3 is 2.29 bits per heavy atom. The quantitative estimate of drug-likeness (QED) is 0.749. The summed E-state index contributed by atoms with van der Waals surface area (Å²) in [5, 5.41) is 0. The molecule has 1 atom stereocenters. The smallest absolute Gasteiger partial charge is 0.341 e. The number of hydrogen-bond donors (Lipinski definition) is 0. The first kappa shape index (κ1) is 16.3. The average molecular weight is 389 g/mol. The number of halogens is 1. The first-order valence-electron chi connectivity index (χ1n) is 7.09. The maximum Gasteiger partial charge on any atom is 0.341 e. The molecule has 1 heterocycles. The lowest BCUT2D eigenvalue weighted by Crippen LogP contribution is -2.34. The molecule has 24 heavy (non-hydrogen) atoms. The fourth-order valence-corrected chi connectivity index (χ4v) is 2.90. The Hall–Kier alpha value is -2.60. The van der Waals surface area contributed by atoms with Gasteiger partial charge < -0.3 is 14.2 Å². The van der Waals surface area contributed by atoms with Crippen LogP contribution < -0.4 is 4.74 Å². The summed E-state index contributed by atoms with van der Waals surface area (Å²) in [6, 6.07) is 15.2. The van der Waals surface area contributed by atoms with Crippen molar-refractivity contribution in [3.63, 3.8) is 0 Å². The molecule has 0 N–H and O–H groups in total. The van der Waals surface area contributed by atoms with Crippen molar-refractivity contribution >= 4 is 27.9 Å². The molecule has 1 aliphatic heterocycles. The lowest BCUT2D eigenvalue weighted by atomic mass is 10.1. The number of hydrogen-bond acceptors (Lipinski definition) is 5. The van der Waals surface area contributed by atoms with E-state index in [0.29, 0.717) is 21.4 Å². The number of rotatable bonds is 4. The van der Waals surface area contributed by atoms with Crippen molar-refractivity contribution in [2.75, 3.05) is 7.11 Å². The Balaban J connectivity index is 1.99. The monoisotopic (exact) mass is 388 g/mol. The van der Waals surface area contributed by atoms with E-state index < -0.39 is 17.7 Å². The average Bonchev–Trinajstić information content (AvgIpc) is 2.90. The van der Waals surface area contributed by atoms with Crippen LogP contribution in [0, 0.1) is 0 Å². The van der Waals surface area contributed by atoms with Gasteiger partial charge in [-0.05, 0) is 52.3 Å². The number of methoxy groups -OCH3 is 1. The van der Waals surface area contributed by atoms with Gasteiger partial charge in [-0.1, -0.05) is 18.2 Å². The second-order valence-electron chi connectivity index (χ2n) is 5.01. The number of esters is 2. The van der Waals surface area contributed by atoms with Gasteiger partial charge in [0.15, 0.2) is 0 Å². The summed E-state index contributed by atoms with van der Waals surface area (Å²) < 4.78 is 16.4. The van der Waals surface area contributed by atoms with Gasteiger partial charge in [-0.25, -0.2) is 9.59 Å². The minimum atomic E-state index is -1.64. The zero-order valence-electron chi connectivity index (χ0n) is 12.7. The van der Waals surface area contributed by atoms with Gasteiger partial charge in [-0.15, -0.1) is 0 Å². The third-order valence-corrected chi connectivity index (χ3v) is 4.27. The number of benzene rings is 2. The summed E-state index contributed by atoms with van der Waals surface area (Å²) >= 11 is 3.28. The van der Waals surface area contributed by atoms with E-state index >= 15 is 0 Å². The first-order chi connectivity index (χ1) is 11.5. The predicted octanol–water partition coefficient (Wildman–Crippen LogP) is 3.54. The molecule has 3 rings (SSSR count). The highest BCUT2D eigenvalue weighted by Gasteiger charge is 2.48. The third-order valence-electron chi connectivity index (χ3n) is 3.52. The lowest BCUT2D eigenvalue weighted by Gasteiger charge is -2.28. The van der Waals surface area contributed by atoms with Crippen molar-refractivity contribution in [1.29, 1.82) is 0 Å². The largest absolute Gasteiger partial charge is 0.497 e. The molecule has 2 aromatic rings. The molecule has 0 radical (unpaired) electrons. The number of ether oxygens (including phenoxy) is 3. The molecule has 2 aromatic carbocycles. The summed E-state index contributed by atoms with van der Waals surface area (Å²) in [5.74, 6) is -2.21. The first-order valence-corrected chi connectivity index (χ1v) is 7.88. The van der Waals surface area contributed by atoms with Crippen LogP contribution in [0.5, 0.6) is 5.75 Å². The van der Waals surface area contributed by atoms with Crippen molar-refractivity contribution in [2.24, 2.45) is 0 Å². The molecule has 0 aromatic heterocycles. The summed E-state index contributed by atoms with van der Waals surface area (Å²) in [4.78, 5) is 24.2. The fourth-order valence-electron chi connectivity index (χ4n) is 2.32. The van der Waals surface area contributed by atoms with Crippen LogP contribution in [-0.2, 0) is 20.1 Å². The van der Waals surface area contributed by atoms with Gasteiger partial charge in [-0.2, -0.15) is 0 Å². The third kappa shape index (κ3) is 2.92. The highest BCUT2D eigenvalue weighted by atomic mass is 79.9. The molecule has 6 heteroatoms. The predicted molar refractivity (Wildman–Crippen MR) is 89.6 cm³/mol. The molecule has 122 valence electrons. The lowest BCUT2D eigenvalue weighted by molar-refractivity contribution is -0.183. The van der Waals surface area contributed by atoms with Crippen molar-refractivity contribution in [1.82, 2.24) is 0 Å². The maximum atomic E-state index is 12.5. The van der Waals surface area contributed by atoms with Gasteiger partial charge in [0.05, 0.1) is 17.2 Å². The van der Waals surface area contributed by atoms with Gasteiger partial charge in [0.2, 0.25) is 0 Å². The van der Waals surface area contributed by atoms with Crippen LogP contribution in [0.3, 0.4) is 0 Å². The molecule has 0 bridgehead atoms. The van der Waals surface area contributed by atoms with E-state index in [2.05, 4.69) is 15.9 Å². The normalized spacial score (nSPS) is 19.4. The molecule has 5 nitrogen and oxygen atoms in total. The Morgan fingerprint density at radius 1 is 1.08 bits per heavy atom. The van der Waals surface area contributed by atoms with Crippen LogP contribution in [0.2, 0.25) is 0 Å². The molecule has 0 aliphatic carbocycles. The van der Waals surface area contributed by atoms with Crippen LogP contribution in [-0.4, -0.2) is 19.0 Å². The standard InChI is InChI=1S/C18H13BrO5/c1-22-14-9-7-13(8-10-14)18(15(19)11-16(20)23-18)24-17(21)12-5-3-2-4-6-12/h2-11H,1H3. The van der Waals surface area contributed by atoms with Crippen LogP contribution in [0.25, 0.3) is 0 Å². The van der Waals surface area contributed by atoms with Gasteiger partial charge in [-0.3, -0.25) is 0 Å². The van der Waals surface area contributed by atoms with Crippen molar-refractivity contribution in [3.8, 4) is 5.75 Å². The molecule has 0 fully saturated rings. The molecular weight excluding hydrogens is 376 g/mol.